The maximum atomic E-state index is 14.8. The summed E-state index contributed by atoms with van der Waals surface area (Å²) in [7, 11) is 0. The summed E-state index contributed by atoms with van der Waals surface area (Å²) in [6.07, 6.45) is 1.90. The van der Waals surface area contributed by atoms with Crippen molar-refractivity contribution in [3.05, 3.63) is 217 Å². The van der Waals surface area contributed by atoms with Gasteiger partial charge in [0.25, 0.3) is 11.4 Å². The number of rotatable bonds is 10. The normalized spacial score (nSPS) is 12.5. The van der Waals surface area contributed by atoms with Crippen molar-refractivity contribution in [2.75, 3.05) is 0 Å². The van der Waals surface area contributed by atoms with E-state index in [-0.39, 0.29) is 17.3 Å². The lowest BCUT2D eigenvalue weighted by molar-refractivity contribution is 0.483. The van der Waals surface area contributed by atoms with E-state index >= 15 is 0 Å². The molecule has 1 aliphatic heterocycles. The van der Waals surface area contributed by atoms with Crippen LogP contribution in [0, 0.1) is 11.6 Å². The second-order valence-electron chi connectivity index (χ2n) is 20.1. The fraction of sp³-hybridized carbons (Fsp3) is 0.156. The molecule has 71 heavy (non-hydrogen) atoms. The van der Waals surface area contributed by atoms with Crippen molar-refractivity contribution in [3.8, 4) is 50.7 Å². The summed E-state index contributed by atoms with van der Waals surface area (Å²) in [5.41, 5.74) is 14.6. The van der Waals surface area contributed by atoms with Gasteiger partial charge in [0, 0.05) is 53.4 Å². The molecule has 0 saturated heterocycles. The number of para-hydroxylation sites is 4. The van der Waals surface area contributed by atoms with E-state index in [0.717, 1.165) is 62.0 Å². The second kappa shape index (κ2) is 17.9. The number of pyridine rings is 1. The summed E-state index contributed by atoms with van der Waals surface area (Å²) in [4.78, 5) is 4.93. The van der Waals surface area contributed by atoms with Gasteiger partial charge in [-0.1, -0.05) is 133 Å². The molecule has 348 valence electrons. The minimum Gasteiger partial charge on any atom is -0.457 e. The maximum absolute atomic E-state index is 14.8. The van der Waals surface area contributed by atoms with Crippen LogP contribution in [0.5, 0.6) is 11.5 Å². The lowest BCUT2D eigenvalue weighted by Crippen LogP contribution is -2.12. The van der Waals surface area contributed by atoms with Crippen LogP contribution in [0.2, 0.25) is 0 Å². The highest BCUT2D eigenvalue weighted by atomic mass is 19.1. The van der Waals surface area contributed by atoms with Crippen LogP contribution >= 0.6 is 0 Å². The van der Waals surface area contributed by atoms with E-state index in [1.54, 1.807) is 0 Å². The molecule has 3 heterocycles. The highest BCUT2D eigenvalue weighted by Crippen LogP contribution is 2.46. The number of fused-ring (bicyclic) bond motifs is 4. The van der Waals surface area contributed by atoms with Gasteiger partial charge in [0.15, 0.2) is 0 Å². The van der Waals surface area contributed by atoms with Gasteiger partial charge in [-0.15, -0.1) is 0 Å². The van der Waals surface area contributed by atoms with E-state index in [9.17, 15) is 8.78 Å². The molecule has 0 saturated carbocycles. The first-order valence-corrected chi connectivity index (χ1v) is 24.4. The van der Waals surface area contributed by atoms with E-state index in [4.69, 9.17) is 9.72 Å². The molecule has 7 heteroatoms. The minimum atomic E-state index is -0.638. The molecule has 10 aromatic rings. The molecule has 11 rings (SSSR count). The molecule has 0 atom stereocenters. The van der Waals surface area contributed by atoms with Gasteiger partial charge >= 0.3 is 6.01 Å². The Balaban J connectivity index is 1.14. The van der Waals surface area contributed by atoms with Crippen LogP contribution in [0.1, 0.15) is 77.0 Å². The Hall–Kier alpha value is -8.25. The quantitative estimate of drug-likeness (QED) is 0.128. The SMILES string of the molecule is CC(C)c1cc(-c2ccccc2)cc(C(C)C)c1-c1cc(Oc2ccc3c4ccccc4n(-c4cc(C(C)(C)C)ccn4)c3c2)cc([N+]2=C=[N+](c3ccccc3-c3cc(F)cc(F)c3)c3ccccc32)c1. The first-order valence-electron chi connectivity index (χ1n) is 24.4. The molecule has 5 nitrogen and oxygen atoms in total. The van der Waals surface area contributed by atoms with Crippen molar-refractivity contribution < 1.29 is 13.5 Å². The molecule has 1 aliphatic rings. The van der Waals surface area contributed by atoms with E-state index in [1.807, 2.05) is 53.2 Å². The van der Waals surface area contributed by atoms with Gasteiger partial charge in [-0.05, 0) is 126 Å². The highest BCUT2D eigenvalue weighted by molar-refractivity contribution is 6.09. The summed E-state index contributed by atoms with van der Waals surface area (Å²) in [6.45, 7) is 15.7. The lowest BCUT2D eigenvalue weighted by atomic mass is 9.82. The predicted octanol–water partition coefficient (Wildman–Crippen LogP) is 17.7. The molecule has 0 spiro atoms. The Labute approximate surface area is 413 Å². The van der Waals surface area contributed by atoms with Gasteiger partial charge in [-0.25, -0.2) is 13.8 Å². The van der Waals surface area contributed by atoms with Crippen LogP contribution in [-0.4, -0.2) is 15.6 Å². The maximum Gasteiger partial charge on any atom is 0.503 e. The third-order valence-electron chi connectivity index (χ3n) is 13.6. The average molecular weight is 933 g/mol. The molecule has 0 unspecified atom stereocenters. The zero-order chi connectivity index (χ0) is 49.1. The third kappa shape index (κ3) is 8.43. The molecule has 0 N–H and O–H groups in total. The van der Waals surface area contributed by atoms with Crippen molar-refractivity contribution in [3.63, 3.8) is 0 Å². The smallest absolute Gasteiger partial charge is 0.457 e. The van der Waals surface area contributed by atoms with Crippen molar-refractivity contribution in [2.45, 2.75) is 65.7 Å². The minimum absolute atomic E-state index is 0.0635. The fourth-order valence-electron chi connectivity index (χ4n) is 10.1. The molecule has 0 radical (unpaired) electrons. The van der Waals surface area contributed by atoms with E-state index in [0.29, 0.717) is 22.6 Å². The van der Waals surface area contributed by atoms with Crippen LogP contribution in [0.25, 0.3) is 61.0 Å². The second-order valence-corrected chi connectivity index (χ2v) is 20.1. The Morgan fingerprint density at radius 3 is 1.86 bits per heavy atom. The van der Waals surface area contributed by atoms with Gasteiger partial charge in [-0.2, -0.15) is 0 Å². The Bertz CT molecular complexity index is 3750. The van der Waals surface area contributed by atoms with E-state index < -0.39 is 11.6 Å². The first-order chi connectivity index (χ1) is 34.3. The number of benzene rings is 8. The molecular formula is C64H54F2N4O+2. The van der Waals surface area contributed by atoms with Gasteiger partial charge in [0.2, 0.25) is 11.4 Å². The van der Waals surface area contributed by atoms with E-state index in [2.05, 4.69) is 185 Å². The summed E-state index contributed by atoms with van der Waals surface area (Å²) in [5.74, 6) is 1.29. The third-order valence-corrected chi connectivity index (χ3v) is 13.6. The summed E-state index contributed by atoms with van der Waals surface area (Å²) in [5, 5.41) is 2.24. The van der Waals surface area contributed by atoms with Crippen molar-refractivity contribution in [1.82, 2.24) is 18.7 Å². The summed E-state index contributed by atoms with van der Waals surface area (Å²) < 4.78 is 42.9. The van der Waals surface area contributed by atoms with Crippen LogP contribution in [0.3, 0.4) is 0 Å². The van der Waals surface area contributed by atoms with Crippen LogP contribution in [0.4, 0.5) is 31.5 Å². The van der Waals surface area contributed by atoms with Crippen molar-refractivity contribution >= 4 is 50.6 Å². The number of hydrogen-bond acceptors (Lipinski definition) is 2. The zero-order valence-electron chi connectivity index (χ0n) is 41.0. The Kier molecular flexibility index (Phi) is 11.4. The Morgan fingerprint density at radius 1 is 0.521 bits per heavy atom. The Morgan fingerprint density at radius 2 is 1.15 bits per heavy atom. The predicted molar refractivity (Wildman–Crippen MR) is 289 cm³/mol. The van der Waals surface area contributed by atoms with Crippen LogP contribution in [0.15, 0.2) is 188 Å². The van der Waals surface area contributed by atoms with Crippen LogP contribution in [-0.2, 0) is 5.41 Å². The molecule has 0 bridgehead atoms. The largest absolute Gasteiger partial charge is 0.503 e. The number of nitrogens with zero attached hydrogens (tertiary/aromatic N) is 4. The van der Waals surface area contributed by atoms with Gasteiger partial charge < -0.3 is 4.74 Å². The highest BCUT2D eigenvalue weighted by Gasteiger charge is 2.38. The van der Waals surface area contributed by atoms with Crippen LogP contribution < -0.4 is 13.9 Å². The monoisotopic (exact) mass is 932 g/mol. The topological polar surface area (TPSA) is 33.1 Å². The first kappa shape index (κ1) is 45.2. The fourth-order valence-corrected chi connectivity index (χ4v) is 10.1. The molecule has 0 aliphatic carbocycles. The number of ether oxygens (including phenoxy) is 1. The number of aromatic nitrogens is 2. The number of hydrogen-bond donors (Lipinski definition) is 0. The molecule has 2 aromatic heterocycles. The molecule has 0 amide bonds. The van der Waals surface area contributed by atoms with Gasteiger partial charge in [-0.3, -0.25) is 4.57 Å². The lowest BCUT2D eigenvalue weighted by Gasteiger charge is -2.23. The number of halogens is 2. The summed E-state index contributed by atoms with van der Waals surface area (Å²) in [6, 6.07) is 64.0. The molecular weight excluding hydrogens is 879 g/mol. The summed E-state index contributed by atoms with van der Waals surface area (Å²) >= 11 is 0. The van der Waals surface area contributed by atoms with E-state index in [1.165, 1.54) is 45.5 Å². The average Bonchev–Trinajstić information content (AvgIpc) is 3.92. The zero-order valence-corrected chi connectivity index (χ0v) is 41.0. The van der Waals surface area contributed by atoms with Gasteiger partial charge in [0.1, 0.15) is 29.0 Å². The standard InChI is InChI=1S/C64H54F2N4O/c1-40(2)55-33-43(42-17-9-8-10-18-42)34-56(41(3)4)63(55)45-31-49(68-39-69(60-24-16-15-23-59(60)68)57-21-13-11-19-52(57)44-29-47(65)36-48(66)30-44)37-51(32-45)71-50-25-26-54-53-20-12-14-22-58(53)70(61(54)38-50)62-35-46(27-28-67-62)64(5,6)7/h8-38,40-41H,1-7H3/q+2. The van der Waals surface area contributed by atoms with Crippen molar-refractivity contribution in [1.29, 1.82) is 0 Å². The molecule has 0 fully saturated rings. The molecule has 8 aromatic carbocycles. The van der Waals surface area contributed by atoms with Gasteiger partial charge in [0.05, 0.1) is 22.7 Å². The van der Waals surface area contributed by atoms with Crippen molar-refractivity contribution in [2.24, 2.45) is 0 Å².